The van der Waals surface area contributed by atoms with Crippen molar-refractivity contribution in [2.75, 3.05) is 24.6 Å². The normalized spacial score (nSPS) is 19.5. The maximum absolute atomic E-state index is 11.5. The van der Waals surface area contributed by atoms with E-state index in [0.29, 0.717) is 22.3 Å². The van der Waals surface area contributed by atoms with Crippen LogP contribution in [0.4, 0.5) is 5.82 Å². The summed E-state index contributed by atoms with van der Waals surface area (Å²) < 4.78 is 5.63. The van der Waals surface area contributed by atoms with Crippen LogP contribution in [0.2, 0.25) is 0 Å². The molecule has 1 unspecified atom stereocenters. The van der Waals surface area contributed by atoms with Gasteiger partial charge in [-0.3, -0.25) is 0 Å². The number of aromatic carboxylic acids is 1. The van der Waals surface area contributed by atoms with Crippen LogP contribution in [-0.2, 0) is 4.74 Å². The van der Waals surface area contributed by atoms with Crippen LogP contribution in [-0.4, -0.2) is 41.9 Å². The van der Waals surface area contributed by atoms with Crippen molar-refractivity contribution < 1.29 is 14.6 Å². The molecule has 0 spiro atoms. The minimum atomic E-state index is -0.922. The lowest BCUT2D eigenvalue weighted by Crippen LogP contribution is -2.31. The second-order valence-corrected chi connectivity index (χ2v) is 5.33. The second kappa shape index (κ2) is 5.69. The first kappa shape index (κ1) is 13.8. The molecule has 2 heterocycles. The number of rotatable bonds is 2. The van der Waals surface area contributed by atoms with Crippen LogP contribution in [0.25, 0.3) is 10.9 Å². The fourth-order valence-corrected chi connectivity index (χ4v) is 2.70. The van der Waals surface area contributed by atoms with Gasteiger partial charge in [0.25, 0.3) is 0 Å². The van der Waals surface area contributed by atoms with E-state index in [-0.39, 0.29) is 6.10 Å². The molecule has 2 aromatic rings. The first-order chi connectivity index (χ1) is 10.1. The summed E-state index contributed by atoms with van der Waals surface area (Å²) in [4.78, 5) is 18.2. The number of nitrogens with zero attached hydrogens (tertiary/aromatic N) is 2. The largest absolute Gasteiger partial charge is 0.478 e. The Bertz CT molecular complexity index is 672. The van der Waals surface area contributed by atoms with Gasteiger partial charge in [-0.05, 0) is 25.5 Å². The zero-order chi connectivity index (χ0) is 14.8. The third kappa shape index (κ3) is 2.83. The average Bonchev–Trinajstić information content (AvgIpc) is 2.70. The maximum Gasteiger partial charge on any atom is 0.336 e. The number of fused-ring (bicyclic) bond motifs is 1. The summed E-state index contributed by atoms with van der Waals surface area (Å²) >= 11 is 0. The van der Waals surface area contributed by atoms with Crippen LogP contribution in [0.5, 0.6) is 0 Å². The topological polar surface area (TPSA) is 62.7 Å². The summed E-state index contributed by atoms with van der Waals surface area (Å²) in [6, 6.07) is 9.02. The van der Waals surface area contributed by atoms with Crippen LogP contribution in [0.1, 0.15) is 23.7 Å². The zero-order valence-corrected chi connectivity index (χ0v) is 12.0. The van der Waals surface area contributed by atoms with Crippen LogP contribution in [0.15, 0.2) is 30.3 Å². The Hall–Kier alpha value is -2.14. The highest BCUT2D eigenvalue weighted by Gasteiger charge is 2.19. The lowest BCUT2D eigenvalue weighted by Gasteiger charge is -2.24. The van der Waals surface area contributed by atoms with E-state index in [1.807, 2.05) is 25.1 Å². The van der Waals surface area contributed by atoms with Gasteiger partial charge in [-0.2, -0.15) is 0 Å². The first-order valence-electron chi connectivity index (χ1n) is 7.15. The van der Waals surface area contributed by atoms with Gasteiger partial charge in [-0.15, -0.1) is 0 Å². The Balaban J connectivity index is 2.08. The number of carboxylic acids is 1. The molecule has 1 N–H and O–H groups in total. The van der Waals surface area contributed by atoms with Crippen LogP contribution in [0, 0.1) is 0 Å². The molecule has 5 heteroatoms. The molecule has 3 rings (SSSR count). The van der Waals surface area contributed by atoms with Crippen molar-refractivity contribution >= 4 is 22.7 Å². The smallest absolute Gasteiger partial charge is 0.336 e. The molecule has 5 nitrogen and oxygen atoms in total. The monoisotopic (exact) mass is 286 g/mol. The number of hydrogen-bond acceptors (Lipinski definition) is 4. The number of para-hydroxylation sites is 1. The molecule has 1 saturated heterocycles. The number of aromatic nitrogens is 1. The van der Waals surface area contributed by atoms with Crippen molar-refractivity contribution in [2.24, 2.45) is 0 Å². The number of anilines is 1. The van der Waals surface area contributed by atoms with Crippen molar-refractivity contribution in [1.82, 2.24) is 4.98 Å². The molecule has 110 valence electrons. The molecule has 1 aliphatic rings. The Morgan fingerprint density at radius 3 is 3.05 bits per heavy atom. The summed E-state index contributed by atoms with van der Waals surface area (Å²) in [7, 11) is 0. The van der Waals surface area contributed by atoms with Gasteiger partial charge in [-0.1, -0.05) is 18.2 Å². The van der Waals surface area contributed by atoms with Crippen molar-refractivity contribution in [2.45, 2.75) is 19.4 Å². The van der Waals surface area contributed by atoms with E-state index in [1.165, 1.54) is 0 Å². The van der Waals surface area contributed by atoms with E-state index in [9.17, 15) is 9.90 Å². The van der Waals surface area contributed by atoms with E-state index >= 15 is 0 Å². The number of pyridine rings is 1. The summed E-state index contributed by atoms with van der Waals surface area (Å²) in [6.45, 7) is 4.31. The number of hydrogen-bond donors (Lipinski definition) is 1. The molecule has 21 heavy (non-hydrogen) atoms. The van der Waals surface area contributed by atoms with Crippen molar-refractivity contribution in [3.63, 3.8) is 0 Å². The molecule has 1 fully saturated rings. The summed E-state index contributed by atoms with van der Waals surface area (Å²) in [5.41, 5.74) is 1.01. The second-order valence-electron chi connectivity index (χ2n) is 5.33. The quantitative estimate of drug-likeness (QED) is 0.919. The molecule has 0 bridgehead atoms. The third-order valence-electron chi connectivity index (χ3n) is 3.71. The highest BCUT2D eigenvalue weighted by molar-refractivity contribution is 6.03. The molecule has 1 aromatic carbocycles. The third-order valence-corrected chi connectivity index (χ3v) is 3.71. The number of ether oxygens (including phenoxy) is 1. The minimum absolute atomic E-state index is 0.119. The summed E-state index contributed by atoms with van der Waals surface area (Å²) in [5.74, 6) is -0.211. The van der Waals surface area contributed by atoms with E-state index in [2.05, 4.69) is 9.88 Å². The molecule has 0 saturated carbocycles. The highest BCUT2D eigenvalue weighted by Crippen LogP contribution is 2.24. The standard InChI is InChI=1S/C16H18N2O3/c1-11-10-18(7-4-8-21-11)15-9-13(16(19)20)12-5-2-3-6-14(12)17-15/h2-3,5-6,9,11H,4,7-8,10H2,1H3,(H,19,20). The van der Waals surface area contributed by atoms with Gasteiger partial charge >= 0.3 is 5.97 Å². The van der Waals surface area contributed by atoms with Gasteiger partial charge in [0.2, 0.25) is 0 Å². The van der Waals surface area contributed by atoms with Gasteiger partial charge in [0.15, 0.2) is 0 Å². The highest BCUT2D eigenvalue weighted by atomic mass is 16.5. The molecule has 0 radical (unpaired) electrons. The van der Waals surface area contributed by atoms with Crippen LogP contribution >= 0.6 is 0 Å². The van der Waals surface area contributed by atoms with Gasteiger partial charge < -0.3 is 14.7 Å². The van der Waals surface area contributed by atoms with E-state index in [0.717, 1.165) is 26.1 Å². The molecular weight excluding hydrogens is 268 g/mol. The first-order valence-corrected chi connectivity index (χ1v) is 7.15. The van der Waals surface area contributed by atoms with E-state index in [4.69, 9.17) is 4.74 Å². The predicted octanol–water partition coefficient (Wildman–Crippen LogP) is 2.55. The van der Waals surface area contributed by atoms with Crippen LogP contribution in [0.3, 0.4) is 0 Å². The summed E-state index contributed by atoms with van der Waals surface area (Å²) in [6.07, 6.45) is 1.04. The predicted molar refractivity (Wildman–Crippen MR) is 80.9 cm³/mol. The Labute approximate surface area is 123 Å². The maximum atomic E-state index is 11.5. The Kier molecular flexibility index (Phi) is 3.75. The lowest BCUT2D eigenvalue weighted by molar-refractivity contribution is 0.0699. The molecule has 1 aliphatic heterocycles. The Morgan fingerprint density at radius 2 is 2.24 bits per heavy atom. The number of benzene rings is 1. The van der Waals surface area contributed by atoms with Gasteiger partial charge in [0, 0.05) is 25.1 Å². The number of carboxylic acid groups (broad SMARTS) is 1. The summed E-state index contributed by atoms with van der Waals surface area (Å²) in [5, 5.41) is 10.1. The zero-order valence-electron chi connectivity index (χ0n) is 12.0. The molecule has 0 amide bonds. The van der Waals surface area contributed by atoms with E-state index < -0.39 is 5.97 Å². The molecule has 1 aromatic heterocycles. The molecular formula is C16H18N2O3. The molecule has 0 aliphatic carbocycles. The minimum Gasteiger partial charge on any atom is -0.478 e. The SMILES string of the molecule is CC1CN(c2cc(C(=O)O)c3ccccc3n2)CCCO1. The van der Waals surface area contributed by atoms with Gasteiger partial charge in [0.05, 0.1) is 17.2 Å². The number of carbonyl (C=O) groups is 1. The van der Waals surface area contributed by atoms with Crippen molar-refractivity contribution in [3.8, 4) is 0 Å². The van der Waals surface area contributed by atoms with Gasteiger partial charge in [0.1, 0.15) is 5.82 Å². The fourth-order valence-electron chi connectivity index (χ4n) is 2.70. The van der Waals surface area contributed by atoms with E-state index in [1.54, 1.807) is 12.1 Å². The lowest BCUT2D eigenvalue weighted by atomic mass is 10.1. The molecule has 1 atom stereocenters. The average molecular weight is 286 g/mol. The van der Waals surface area contributed by atoms with Gasteiger partial charge in [-0.25, -0.2) is 9.78 Å². The van der Waals surface area contributed by atoms with Crippen LogP contribution < -0.4 is 4.90 Å². The Morgan fingerprint density at radius 1 is 1.43 bits per heavy atom. The van der Waals surface area contributed by atoms with Crippen molar-refractivity contribution in [1.29, 1.82) is 0 Å². The van der Waals surface area contributed by atoms with Crippen molar-refractivity contribution in [3.05, 3.63) is 35.9 Å². The fraction of sp³-hybridized carbons (Fsp3) is 0.375.